The van der Waals surface area contributed by atoms with E-state index >= 15 is 0 Å². The maximum Gasteiger partial charge on any atom is 0.322 e. The molecular formula is C13H15ClN4O2. The van der Waals surface area contributed by atoms with Gasteiger partial charge in [-0.15, -0.1) is 0 Å². The smallest absolute Gasteiger partial charge is 0.322 e. The molecule has 0 saturated carbocycles. The maximum absolute atomic E-state index is 5.84. The SMILES string of the molecule is CCCOc1nc(Cl)nc(Nc2ccc(OC)cc2)n1. The summed E-state index contributed by atoms with van der Waals surface area (Å²) in [5.41, 5.74) is 0.814. The lowest BCUT2D eigenvalue weighted by Gasteiger charge is -2.08. The second-order valence-corrected chi connectivity index (χ2v) is 4.25. The lowest BCUT2D eigenvalue weighted by molar-refractivity contribution is 0.292. The number of methoxy groups -OCH3 is 1. The summed E-state index contributed by atoms with van der Waals surface area (Å²) < 4.78 is 10.4. The van der Waals surface area contributed by atoms with Gasteiger partial charge in [0.05, 0.1) is 13.7 Å². The van der Waals surface area contributed by atoms with Crippen molar-refractivity contribution in [2.75, 3.05) is 19.0 Å². The molecule has 1 N–H and O–H groups in total. The van der Waals surface area contributed by atoms with Gasteiger partial charge < -0.3 is 14.8 Å². The molecule has 20 heavy (non-hydrogen) atoms. The van der Waals surface area contributed by atoms with Gasteiger partial charge in [-0.3, -0.25) is 0 Å². The number of hydrogen-bond donors (Lipinski definition) is 1. The Balaban J connectivity index is 2.12. The van der Waals surface area contributed by atoms with E-state index < -0.39 is 0 Å². The Bertz CT molecular complexity index is 563. The summed E-state index contributed by atoms with van der Waals surface area (Å²) in [5, 5.41) is 3.12. The molecule has 0 unspecified atom stereocenters. The van der Waals surface area contributed by atoms with E-state index in [9.17, 15) is 0 Å². The van der Waals surface area contributed by atoms with Crippen LogP contribution < -0.4 is 14.8 Å². The van der Waals surface area contributed by atoms with Gasteiger partial charge in [0.25, 0.3) is 0 Å². The van der Waals surface area contributed by atoms with Crippen molar-refractivity contribution in [3.8, 4) is 11.8 Å². The summed E-state index contributed by atoms with van der Waals surface area (Å²) in [6, 6.07) is 7.58. The molecule has 2 aromatic rings. The number of nitrogens with zero attached hydrogens (tertiary/aromatic N) is 3. The van der Waals surface area contributed by atoms with Crippen LogP contribution >= 0.6 is 11.6 Å². The van der Waals surface area contributed by atoms with E-state index in [1.807, 2.05) is 31.2 Å². The first-order valence-electron chi connectivity index (χ1n) is 6.16. The van der Waals surface area contributed by atoms with E-state index in [1.54, 1.807) is 7.11 Å². The normalized spacial score (nSPS) is 10.2. The Labute approximate surface area is 122 Å². The Morgan fingerprint density at radius 2 is 1.90 bits per heavy atom. The van der Waals surface area contributed by atoms with Crippen LogP contribution in [0.5, 0.6) is 11.8 Å². The van der Waals surface area contributed by atoms with Crippen LogP contribution in [-0.4, -0.2) is 28.7 Å². The molecule has 0 bridgehead atoms. The first-order valence-corrected chi connectivity index (χ1v) is 6.54. The van der Waals surface area contributed by atoms with E-state index in [-0.39, 0.29) is 11.3 Å². The van der Waals surface area contributed by atoms with E-state index in [0.717, 1.165) is 17.9 Å². The van der Waals surface area contributed by atoms with Gasteiger partial charge in [-0.1, -0.05) is 6.92 Å². The summed E-state index contributed by atoms with van der Waals surface area (Å²) in [5.74, 6) is 1.11. The van der Waals surface area contributed by atoms with Crippen LogP contribution in [0.25, 0.3) is 0 Å². The van der Waals surface area contributed by atoms with E-state index in [0.29, 0.717) is 12.6 Å². The summed E-state index contributed by atoms with van der Waals surface area (Å²) in [4.78, 5) is 12.0. The van der Waals surface area contributed by atoms with Crippen LogP contribution in [0, 0.1) is 0 Å². The molecule has 0 aliphatic rings. The Morgan fingerprint density at radius 3 is 2.55 bits per heavy atom. The molecule has 0 radical (unpaired) electrons. The van der Waals surface area contributed by atoms with Crippen LogP contribution in [-0.2, 0) is 0 Å². The number of hydrogen-bond acceptors (Lipinski definition) is 6. The number of rotatable bonds is 6. The van der Waals surface area contributed by atoms with Gasteiger partial charge in [-0.2, -0.15) is 15.0 Å². The average molecular weight is 295 g/mol. The highest BCUT2D eigenvalue weighted by Crippen LogP contribution is 2.19. The monoisotopic (exact) mass is 294 g/mol. The summed E-state index contributed by atoms with van der Waals surface area (Å²) >= 11 is 5.84. The Morgan fingerprint density at radius 1 is 1.15 bits per heavy atom. The van der Waals surface area contributed by atoms with Crippen LogP contribution in [0.4, 0.5) is 11.6 Å². The van der Waals surface area contributed by atoms with Crippen molar-refractivity contribution in [1.82, 2.24) is 15.0 Å². The van der Waals surface area contributed by atoms with E-state index in [4.69, 9.17) is 21.1 Å². The van der Waals surface area contributed by atoms with E-state index in [2.05, 4.69) is 20.3 Å². The van der Waals surface area contributed by atoms with Gasteiger partial charge in [0, 0.05) is 5.69 Å². The minimum absolute atomic E-state index is 0.0853. The fourth-order valence-electron chi connectivity index (χ4n) is 1.45. The van der Waals surface area contributed by atoms with Crippen molar-refractivity contribution in [2.45, 2.75) is 13.3 Å². The molecule has 6 nitrogen and oxygen atoms in total. The predicted molar refractivity (Wildman–Crippen MR) is 76.9 cm³/mol. The van der Waals surface area contributed by atoms with Crippen LogP contribution in [0.15, 0.2) is 24.3 Å². The first kappa shape index (κ1) is 14.3. The Kier molecular flexibility index (Phi) is 4.95. The summed E-state index contributed by atoms with van der Waals surface area (Å²) in [7, 11) is 1.62. The quantitative estimate of drug-likeness (QED) is 0.883. The highest BCUT2D eigenvalue weighted by Gasteiger charge is 2.06. The van der Waals surface area contributed by atoms with Crippen molar-refractivity contribution in [3.63, 3.8) is 0 Å². The number of benzene rings is 1. The maximum atomic E-state index is 5.84. The number of halogens is 1. The molecule has 0 aliphatic carbocycles. The van der Waals surface area contributed by atoms with Crippen LogP contribution in [0.1, 0.15) is 13.3 Å². The molecule has 7 heteroatoms. The third-order valence-corrected chi connectivity index (χ3v) is 2.54. The molecule has 2 rings (SSSR count). The Hall–Kier alpha value is -2.08. The van der Waals surface area contributed by atoms with Gasteiger partial charge in [-0.05, 0) is 42.3 Å². The largest absolute Gasteiger partial charge is 0.497 e. The highest BCUT2D eigenvalue weighted by atomic mass is 35.5. The first-order chi connectivity index (χ1) is 9.71. The molecule has 1 aromatic heterocycles. The third kappa shape index (κ3) is 3.96. The van der Waals surface area contributed by atoms with Gasteiger partial charge in [0.15, 0.2) is 0 Å². The van der Waals surface area contributed by atoms with Gasteiger partial charge >= 0.3 is 6.01 Å². The molecule has 0 saturated heterocycles. The predicted octanol–water partition coefficient (Wildman–Crippen LogP) is 3.07. The molecule has 106 valence electrons. The van der Waals surface area contributed by atoms with Crippen molar-refractivity contribution < 1.29 is 9.47 Å². The zero-order chi connectivity index (χ0) is 14.4. The zero-order valence-corrected chi connectivity index (χ0v) is 12.0. The second kappa shape index (κ2) is 6.91. The lowest BCUT2D eigenvalue weighted by Crippen LogP contribution is -2.04. The topological polar surface area (TPSA) is 69.2 Å². The third-order valence-electron chi connectivity index (χ3n) is 2.37. The van der Waals surface area contributed by atoms with Crippen LogP contribution in [0.2, 0.25) is 5.28 Å². The van der Waals surface area contributed by atoms with E-state index in [1.165, 1.54) is 0 Å². The molecule has 0 fully saturated rings. The fraction of sp³-hybridized carbons (Fsp3) is 0.308. The molecule has 0 atom stereocenters. The molecule has 0 spiro atoms. The van der Waals surface area contributed by atoms with Gasteiger partial charge in [0.1, 0.15) is 5.75 Å². The molecule has 1 heterocycles. The van der Waals surface area contributed by atoms with Gasteiger partial charge in [0.2, 0.25) is 11.2 Å². The number of anilines is 2. The minimum atomic E-state index is 0.0853. The molecule has 0 amide bonds. The van der Waals surface area contributed by atoms with Crippen LogP contribution in [0.3, 0.4) is 0 Å². The minimum Gasteiger partial charge on any atom is -0.497 e. The van der Waals surface area contributed by atoms with Crippen molar-refractivity contribution in [3.05, 3.63) is 29.5 Å². The van der Waals surface area contributed by atoms with Crippen molar-refractivity contribution in [2.24, 2.45) is 0 Å². The zero-order valence-electron chi connectivity index (χ0n) is 11.3. The summed E-state index contributed by atoms with van der Waals surface area (Å²) in [6.07, 6.45) is 0.866. The highest BCUT2D eigenvalue weighted by molar-refractivity contribution is 6.28. The molecule has 0 aliphatic heterocycles. The lowest BCUT2D eigenvalue weighted by atomic mass is 10.3. The average Bonchev–Trinajstić information content (AvgIpc) is 2.45. The second-order valence-electron chi connectivity index (χ2n) is 3.91. The summed E-state index contributed by atoms with van der Waals surface area (Å²) in [6.45, 7) is 2.53. The fourth-order valence-corrected chi connectivity index (χ4v) is 1.60. The number of aromatic nitrogens is 3. The van der Waals surface area contributed by atoms with Crippen molar-refractivity contribution in [1.29, 1.82) is 0 Å². The number of ether oxygens (including phenoxy) is 2. The van der Waals surface area contributed by atoms with Gasteiger partial charge in [-0.25, -0.2) is 0 Å². The molecule has 1 aromatic carbocycles. The molecular weight excluding hydrogens is 280 g/mol. The number of nitrogens with one attached hydrogen (secondary N) is 1. The standard InChI is InChI=1S/C13H15ClN4O2/c1-3-8-20-13-17-11(14)16-12(18-13)15-9-4-6-10(19-2)7-5-9/h4-7H,3,8H2,1-2H3,(H,15,16,17,18). The van der Waals surface area contributed by atoms with Crippen molar-refractivity contribution >= 4 is 23.2 Å².